The van der Waals surface area contributed by atoms with Crippen molar-refractivity contribution in [1.82, 2.24) is 10.3 Å². The van der Waals surface area contributed by atoms with Gasteiger partial charge in [0.2, 0.25) is 0 Å². The van der Waals surface area contributed by atoms with Crippen LogP contribution < -0.4 is 15.0 Å². The molecule has 0 bridgehead atoms. The van der Waals surface area contributed by atoms with E-state index in [-0.39, 0.29) is 5.91 Å². The number of para-hydroxylation sites is 1. The van der Waals surface area contributed by atoms with Crippen LogP contribution in [0.25, 0.3) is 0 Å². The number of methoxy groups -OCH3 is 1. The minimum Gasteiger partial charge on any atom is -0.496 e. The Morgan fingerprint density at radius 1 is 1.03 bits per heavy atom. The lowest BCUT2D eigenvalue weighted by Gasteiger charge is -2.29. The number of rotatable bonds is 8. The molecule has 0 spiro atoms. The van der Waals surface area contributed by atoms with E-state index in [0.717, 1.165) is 23.5 Å². The molecule has 1 heterocycles. The molecule has 0 atom stereocenters. The summed E-state index contributed by atoms with van der Waals surface area (Å²) in [5.41, 5.74) is 3.55. The molecule has 150 valence electrons. The van der Waals surface area contributed by atoms with Gasteiger partial charge in [0.1, 0.15) is 11.4 Å². The summed E-state index contributed by atoms with van der Waals surface area (Å²) >= 11 is 0. The minimum atomic E-state index is -0.207. The van der Waals surface area contributed by atoms with Crippen molar-refractivity contribution in [3.63, 3.8) is 0 Å². The highest BCUT2D eigenvalue weighted by molar-refractivity contribution is 5.92. The summed E-state index contributed by atoms with van der Waals surface area (Å²) in [4.78, 5) is 19.2. The Hall–Kier alpha value is -3.34. The topological polar surface area (TPSA) is 54.5 Å². The maximum Gasteiger partial charge on any atom is 0.270 e. The SMILES string of the molecule is COc1ccccc1CNC(=O)c1ccc(N(Cc2ccccc2)C(C)C)cn1. The number of nitrogens with zero attached hydrogens (tertiary/aromatic N) is 2. The summed E-state index contributed by atoms with van der Waals surface area (Å²) in [5, 5.41) is 2.91. The lowest BCUT2D eigenvalue weighted by molar-refractivity contribution is 0.0945. The normalized spacial score (nSPS) is 10.6. The van der Waals surface area contributed by atoms with Crippen LogP contribution in [0.2, 0.25) is 0 Å². The average molecular weight is 389 g/mol. The number of pyridine rings is 1. The van der Waals surface area contributed by atoms with Crippen LogP contribution in [0.5, 0.6) is 5.75 Å². The average Bonchev–Trinajstić information content (AvgIpc) is 2.76. The van der Waals surface area contributed by atoms with E-state index in [1.807, 2.05) is 48.5 Å². The van der Waals surface area contributed by atoms with Crippen LogP contribution in [-0.2, 0) is 13.1 Å². The fourth-order valence-corrected chi connectivity index (χ4v) is 3.16. The van der Waals surface area contributed by atoms with Gasteiger partial charge in [-0.1, -0.05) is 48.5 Å². The minimum absolute atomic E-state index is 0.207. The van der Waals surface area contributed by atoms with Crippen molar-refractivity contribution in [3.05, 3.63) is 89.7 Å². The van der Waals surface area contributed by atoms with Crippen molar-refractivity contribution in [2.45, 2.75) is 33.0 Å². The molecule has 0 aliphatic heterocycles. The van der Waals surface area contributed by atoms with Gasteiger partial charge >= 0.3 is 0 Å². The molecule has 0 aliphatic carbocycles. The third-order valence-electron chi connectivity index (χ3n) is 4.76. The summed E-state index contributed by atoms with van der Waals surface area (Å²) in [5.74, 6) is 0.547. The summed E-state index contributed by atoms with van der Waals surface area (Å²) in [6.45, 7) is 5.48. The predicted octanol–water partition coefficient (Wildman–Crippen LogP) is 4.44. The largest absolute Gasteiger partial charge is 0.496 e. The smallest absolute Gasteiger partial charge is 0.270 e. The summed E-state index contributed by atoms with van der Waals surface area (Å²) in [6, 6.07) is 22.0. The van der Waals surface area contributed by atoms with Crippen molar-refractivity contribution in [3.8, 4) is 5.75 Å². The molecule has 1 N–H and O–H groups in total. The molecule has 0 saturated carbocycles. The van der Waals surface area contributed by atoms with Crippen molar-refractivity contribution in [1.29, 1.82) is 0 Å². The van der Waals surface area contributed by atoms with Gasteiger partial charge in [-0.05, 0) is 37.6 Å². The van der Waals surface area contributed by atoms with E-state index < -0.39 is 0 Å². The maximum absolute atomic E-state index is 12.5. The monoisotopic (exact) mass is 389 g/mol. The zero-order valence-corrected chi connectivity index (χ0v) is 17.1. The molecule has 29 heavy (non-hydrogen) atoms. The van der Waals surface area contributed by atoms with E-state index in [4.69, 9.17) is 4.74 Å². The van der Waals surface area contributed by atoms with E-state index in [1.165, 1.54) is 5.56 Å². The number of amides is 1. The highest BCUT2D eigenvalue weighted by Crippen LogP contribution is 2.20. The molecule has 1 aromatic heterocycles. The molecular formula is C24H27N3O2. The number of carbonyl (C=O) groups is 1. The van der Waals surface area contributed by atoms with Crippen molar-refractivity contribution in [2.24, 2.45) is 0 Å². The third kappa shape index (κ3) is 5.35. The molecular weight excluding hydrogens is 362 g/mol. The molecule has 5 heteroatoms. The van der Waals surface area contributed by atoms with Gasteiger partial charge in [-0.15, -0.1) is 0 Å². The van der Waals surface area contributed by atoms with E-state index in [9.17, 15) is 4.79 Å². The van der Waals surface area contributed by atoms with Gasteiger partial charge < -0.3 is 15.0 Å². The van der Waals surface area contributed by atoms with Crippen LogP contribution in [0.4, 0.5) is 5.69 Å². The van der Waals surface area contributed by atoms with Gasteiger partial charge in [0.25, 0.3) is 5.91 Å². The molecule has 1 amide bonds. The fraction of sp³-hybridized carbons (Fsp3) is 0.250. The quantitative estimate of drug-likeness (QED) is 0.619. The Morgan fingerprint density at radius 3 is 2.41 bits per heavy atom. The first-order valence-electron chi connectivity index (χ1n) is 9.75. The second kappa shape index (κ2) is 9.73. The molecule has 0 fully saturated rings. The number of hydrogen-bond acceptors (Lipinski definition) is 4. The summed E-state index contributed by atoms with van der Waals surface area (Å²) < 4.78 is 5.32. The Morgan fingerprint density at radius 2 is 1.76 bits per heavy atom. The Kier molecular flexibility index (Phi) is 6.85. The second-order valence-electron chi connectivity index (χ2n) is 7.10. The molecule has 5 nitrogen and oxygen atoms in total. The van der Waals surface area contributed by atoms with E-state index in [2.05, 4.69) is 41.2 Å². The number of aromatic nitrogens is 1. The Labute approximate surface area is 172 Å². The van der Waals surface area contributed by atoms with Crippen molar-refractivity contribution >= 4 is 11.6 Å². The van der Waals surface area contributed by atoms with Crippen molar-refractivity contribution < 1.29 is 9.53 Å². The molecule has 3 rings (SSSR count). The van der Waals surface area contributed by atoms with E-state index in [1.54, 1.807) is 19.4 Å². The highest BCUT2D eigenvalue weighted by Gasteiger charge is 2.14. The molecule has 0 aliphatic rings. The van der Waals surface area contributed by atoms with Gasteiger partial charge in [0.15, 0.2) is 0 Å². The molecule has 2 aromatic carbocycles. The van der Waals surface area contributed by atoms with Gasteiger partial charge in [0.05, 0.1) is 19.0 Å². The first kappa shape index (κ1) is 20.4. The van der Waals surface area contributed by atoms with Crippen molar-refractivity contribution in [2.75, 3.05) is 12.0 Å². The molecule has 3 aromatic rings. The first-order valence-corrected chi connectivity index (χ1v) is 9.75. The first-order chi connectivity index (χ1) is 14.1. The van der Waals surface area contributed by atoms with Crippen LogP contribution in [0.15, 0.2) is 72.9 Å². The van der Waals surface area contributed by atoms with Crippen LogP contribution in [0.3, 0.4) is 0 Å². The molecule has 0 radical (unpaired) electrons. The van der Waals surface area contributed by atoms with Gasteiger partial charge in [0, 0.05) is 24.7 Å². The van der Waals surface area contributed by atoms with Gasteiger partial charge in [-0.2, -0.15) is 0 Å². The predicted molar refractivity (Wildman–Crippen MR) is 116 cm³/mol. The van der Waals surface area contributed by atoms with Crippen LogP contribution in [-0.4, -0.2) is 24.0 Å². The second-order valence-corrected chi connectivity index (χ2v) is 7.10. The highest BCUT2D eigenvalue weighted by atomic mass is 16.5. The fourth-order valence-electron chi connectivity index (χ4n) is 3.16. The Bertz CT molecular complexity index is 924. The van der Waals surface area contributed by atoms with Gasteiger partial charge in [-0.3, -0.25) is 4.79 Å². The standard InChI is InChI=1S/C24H27N3O2/c1-18(2)27(17-19-9-5-4-6-10-19)21-13-14-22(25-16-21)24(28)26-15-20-11-7-8-12-23(20)29-3/h4-14,16,18H,15,17H2,1-3H3,(H,26,28). The van der Waals surface area contributed by atoms with Crippen LogP contribution in [0, 0.1) is 0 Å². The van der Waals surface area contributed by atoms with E-state index >= 15 is 0 Å². The number of hydrogen-bond donors (Lipinski definition) is 1. The number of carbonyl (C=O) groups excluding carboxylic acids is 1. The number of benzene rings is 2. The lowest BCUT2D eigenvalue weighted by atomic mass is 10.1. The summed E-state index contributed by atoms with van der Waals surface area (Å²) in [7, 11) is 1.62. The van der Waals surface area contributed by atoms with Crippen LogP contribution in [0.1, 0.15) is 35.5 Å². The third-order valence-corrected chi connectivity index (χ3v) is 4.76. The number of anilines is 1. The van der Waals surface area contributed by atoms with E-state index in [0.29, 0.717) is 18.3 Å². The summed E-state index contributed by atoms with van der Waals surface area (Å²) in [6.07, 6.45) is 1.76. The van der Waals surface area contributed by atoms with Crippen LogP contribution >= 0.6 is 0 Å². The lowest BCUT2D eigenvalue weighted by Crippen LogP contribution is -2.30. The molecule has 0 unspecified atom stereocenters. The maximum atomic E-state index is 12.5. The molecule has 0 saturated heterocycles. The van der Waals surface area contributed by atoms with Gasteiger partial charge in [-0.25, -0.2) is 4.98 Å². The Balaban J connectivity index is 1.67. The number of nitrogens with one attached hydrogen (secondary N) is 1. The zero-order chi connectivity index (χ0) is 20.6. The zero-order valence-electron chi connectivity index (χ0n) is 17.1. The number of ether oxygens (including phenoxy) is 1.